The molecule has 0 unspecified atom stereocenters. The van der Waals surface area contributed by atoms with E-state index in [9.17, 15) is 4.39 Å². The van der Waals surface area contributed by atoms with Crippen molar-refractivity contribution in [1.29, 1.82) is 0 Å². The molecule has 0 amide bonds. The Morgan fingerprint density at radius 3 is 2.90 bits per heavy atom. The molecule has 3 aromatic rings. The lowest BCUT2D eigenvalue weighted by Gasteiger charge is -2.08. The quantitative estimate of drug-likeness (QED) is 0.738. The third-order valence-corrected chi connectivity index (χ3v) is 3.60. The second-order valence-electron chi connectivity index (χ2n) is 4.70. The fourth-order valence-electron chi connectivity index (χ4n) is 2.19. The summed E-state index contributed by atoms with van der Waals surface area (Å²) < 4.78 is 17.3. The van der Waals surface area contributed by atoms with Gasteiger partial charge in [0.25, 0.3) is 0 Å². The molecule has 3 rings (SSSR count). The maximum Gasteiger partial charge on any atom is 0.141 e. The third-order valence-electron chi connectivity index (χ3n) is 3.27. The number of imidazole rings is 2. The summed E-state index contributed by atoms with van der Waals surface area (Å²) in [5, 5.41) is 0.475. The predicted octanol–water partition coefficient (Wildman–Crippen LogP) is 3.61. The van der Waals surface area contributed by atoms with Gasteiger partial charge < -0.3 is 9.13 Å². The number of halogens is 2. The molecule has 4 nitrogen and oxygen atoms in total. The number of rotatable bonds is 4. The van der Waals surface area contributed by atoms with Crippen molar-refractivity contribution < 1.29 is 4.39 Å². The Morgan fingerprint density at radius 2 is 2.14 bits per heavy atom. The van der Waals surface area contributed by atoms with Crippen LogP contribution < -0.4 is 0 Å². The number of nitrogens with zero attached hydrogens (tertiary/aromatic N) is 4. The molecule has 0 aliphatic rings. The summed E-state index contributed by atoms with van der Waals surface area (Å²) in [7, 11) is 0. The van der Waals surface area contributed by atoms with Crippen molar-refractivity contribution in [3.05, 3.63) is 59.7 Å². The number of aromatic nitrogens is 4. The molecule has 2 aromatic heterocycles. The molecule has 21 heavy (non-hydrogen) atoms. The highest BCUT2D eigenvalue weighted by molar-refractivity contribution is 6.33. The van der Waals surface area contributed by atoms with Gasteiger partial charge in [0.05, 0.1) is 23.6 Å². The van der Waals surface area contributed by atoms with E-state index >= 15 is 0 Å². The molecule has 0 radical (unpaired) electrons. The monoisotopic (exact) mass is 304 g/mol. The minimum Gasteiger partial charge on any atom is -0.337 e. The van der Waals surface area contributed by atoms with Gasteiger partial charge in [0.1, 0.15) is 11.6 Å². The molecule has 0 aliphatic heterocycles. The van der Waals surface area contributed by atoms with Crippen molar-refractivity contribution in [2.75, 3.05) is 0 Å². The van der Waals surface area contributed by atoms with Crippen molar-refractivity contribution in [3.8, 4) is 11.4 Å². The van der Waals surface area contributed by atoms with E-state index < -0.39 is 0 Å². The van der Waals surface area contributed by atoms with Crippen LogP contribution in [0, 0.1) is 5.82 Å². The molecule has 6 heteroatoms. The molecule has 0 saturated heterocycles. The number of benzene rings is 1. The second kappa shape index (κ2) is 5.69. The number of hydrogen-bond acceptors (Lipinski definition) is 2. The zero-order valence-corrected chi connectivity index (χ0v) is 12.3. The molecule has 0 saturated carbocycles. The Balaban J connectivity index is 1.95. The van der Waals surface area contributed by atoms with Crippen LogP contribution in [0.4, 0.5) is 4.39 Å². The fourth-order valence-corrected chi connectivity index (χ4v) is 2.39. The fraction of sp³-hybridized carbons (Fsp3) is 0.200. The zero-order chi connectivity index (χ0) is 14.8. The van der Waals surface area contributed by atoms with Gasteiger partial charge in [0.2, 0.25) is 0 Å². The van der Waals surface area contributed by atoms with E-state index in [1.807, 2.05) is 21.5 Å². The Morgan fingerprint density at radius 1 is 1.29 bits per heavy atom. The first-order valence-corrected chi connectivity index (χ1v) is 7.02. The maximum atomic E-state index is 13.4. The van der Waals surface area contributed by atoms with Gasteiger partial charge in [-0.2, -0.15) is 0 Å². The van der Waals surface area contributed by atoms with Gasteiger partial charge in [0, 0.05) is 30.7 Å². The molecular formula is C15H14ClFN4. The first-order chi connectivity index (χ1) is 10.2. The van der Waals surface area contributed by atoms with Gasteiger partial charge in [-0.25, -0.2) is 14.4 Å². The van der Waals surface area contributed by atoms with Gasteiger partial charge in [0.15, 0.2) is 0 Å². The normalized spacial score (nSPS) is 11.0. The third kappa shape index (κ3) is 2.83. The van der Waals surface area contributed by atoms with Crippen LogP contribution in [0.15, 0.2) is 43.1 Å². The Kier molecular flexibility index (Phi) is 3.75. The zero-order valence-electron chi connectivity index (χ0n) is 11.5. The molecule has 0 atom stereocenters. The van der Waals surface area contributed by atoms with Crippen LogP contribution in [-0.4, -0.2) is 19.1 Å². The second-order valence-corrected chi connectivity index (χ2v) is 5.11. The van der Waals surface area contributed by atoms with E-state index in [0.29, 0.717) is 23.0 Å². The van der Waals surface area contributed by atoms with E-state index in [0.717, 1.165) is 12.2 Å². The van der Waals surface area contributed by atoms with E-state index in [1.54, 1.807) is 12.5 Å². The van der Waals surface area contributed by atoms with Crippen molar-refractivity contribution in [1.82, 2.24) is 19.1 Å². The standard InChI is InChI=1S/C15H14ClFN4/c1-2-20-8-12(19-10-20)9-21-6-5-18-15(21)13-7-11(17)3-4-14(13)16/h3-8,10H,2,9H2,1H3. The Hall–Kier alpha value is -2.14. The lowest BCUT2D eigenvalue weighted by Crippen LogP contribution is -2.02. The van der Waals surface area contributed by atoms with E-state index in [2.05, 4.69) is 16.9 Å². The van der Waals surface area contributed by atoms with Crippen LogP contribution in [0.5, 0.6) is 0 Å². The number of aryl methyl sites for hydroxylation is 1. The van der Waals surface area contributed by atoms with Gasteiger partial charge >= 0.3 is 0 Å². The van der Waals surface area contributed by atoms with Gasteiger partial charge in [-0.15, -0.1) is 0 Å². The lowest BCUT2D eigenvalue weighted by atomic mass is 10.2. The molecular weight excluding hydrogens is 291 g/mol. The minimum atomic E-state index is -0.334. The summed E-state index contributed by atoms with van der Waals surface area (Å²) in [6, 6.07) is 4.27. The first kappa shape index (κ1) is 13.8. The summed E-state index contributed by atoms with van der Waals surface area (Å²) >= 11 is 6.15. The number of hydrogen-bond donors (Lipinski definition) is 0. The average Bonchev–Trinajstić information content (AvgIpc) is 3.11. The molecule has 108 valence electrons. The van der Waals surface area contributed by atoms with Crippen molar-refractivity contribution in [2.24, 2.45) is 0 Å². The average molecular weight is 305 g/mol. The highest BCUT2D eigenvalue weighted by Crippen LogP contribution is 2.27. The summed E-state index contributed by atoms with van der Waals surface area (Å²) in [6.45, 7) is 3.50. The van der Waals surface area contributed by atoms with Crippen LogP contribution in [0.1, 0.15) is 12.6 Å². The molecule has 0 aliphatic carbocycles. The summed E-state index contributed by atoms with van der Waals surface area (Å²) in [4.78, 5) is 8.63. The molecule has 0 N–H and O–H groups in total. The van der Waals surface area contributed by atoms with Crippen LogP contribution in [-0.2, 0) is 13.1 Å². The Bertz CT molecular complexity index is 763. The van der Waals surface area contributed by atoms with Crippen LogP contribution >= 0.6 is 11.6 Å². The van der Waals surface area contributed by atoms with Crippen LogP contribution in [0.3, 0.4) is 0 Å². The molecule has 0 spiro atoms. The van der Waals surface area contributed by atoms with Crippen molar-refractivity contribution in [2.45, 2.75) is 20.0 Å². The van der Waals surface area contributed by atoms with E-state index in [-0.39, 0.29) is 5.82 Å². The highest BCUT2D eigenvalue weighted by Gasteiger charge is 2.12. The summed E-state index contributed by atoms with van der Waals surface area (Å²) in [5.41, 5.74) is 1.50. The maximum absolute atomic E-state index is 13.4. The van der Waals surface area contributed by atoms with E-state index in [1.165, 1.54) is 18.2 Å². The highest BCUT2D eigenvalue weighted by atomic mass is 35.5. The largest absolute Gasteiger partial charge is 0.337 e. The smallest absolute Gasteiger partial charge is 0.141 e. The van der Waals surface area contributed by atoms with Crippen molar-refractivity contribution in [3.63, 3.8) is 0 Å². The minimum absolute atomic E-state index is 0.334. The molecule has 2 heterocycles. The van der Waals surface area contributed by atoms with E-state index in [4.69, 9.17) is 11.6 Å². The Labute approximate surface area is 126 Å². The van der Waals surface area contributed by atoms with Crippen molar-refractivity contribution >= 4 is 11.6 Å². The predicted molar refractivity (Wildman–Crippen MR) is 79.6 cm³/mol. The van der Waals surface area contributed by atoms with Gasteiger partial charge in [-0.1, -0.05) is 11.6 Å². The summed E-state index contributed by atoms with van der Waals surface area (Å²) in [5.74, 6) is 0.296. The SMILES string of the molecule is CCn1cnc(Cn2ccnc2-c2cc(F)ccc2Cl)c1. The first-order valence-electron chi connectivity index (χ1n) is 6.64. The molecule has 0 fully saturated rings. The van der Waals surface area contributed by atoms with Crippen LogP contribution in [0.2, 0.25) is 5.02 Å². The molecule has 0 bridgehead atoms. The van der Waals surface area contributed by atoms with Crippen LogP contribution in [0.25, 0.3) is 11.4 Å². The van der Waals surface area contributed by atoms with Gasteiger partial charge in [-0.05, 0) is 25.1 Å². The lowest BCUT2D eigenvalue weighted by molar-refractivity contribution is 0.628. The summed E-state index contributed by atoms with van der Waals surface area (Å²) in [6.07, 6.45) is 7.28. The topological polar surface area (TPSA) is 35.6 Å². The van der Waals surface area contributed by atoms with Gasteiger partial charge in [-0.3, -0.25) is 0 Å². The molecule has 1 aromatic carbocycles.